The van der Waals surface area contributed by atoms with Gasteiger partial charge in [-0.3, -0.25) is 19.2 Å². The zero-order valence-electron chi connectivity index (χ0n) is 18.9. The molecule has 5 unspecified atom stereocenters. The standard InChI is InChI=1S/C25H34O5S/c1-15(26)30-13-23(29)22-7-6-20-19-5-4-17-12-18(28)8-11-25(17,14-31-16(2)27)21(19)9-10-24(20,22)3/h4,19-22H,5-14H2,1-3H3/t19?,20?,21?,22?,24-,25?/m0/s1. The minimum atomic E-state index is -0.404. The number of esters is 1. The van der Waals surface area contributed by atoms with Gasteiger partial charge in [-0.2, -0.15) is 0 Å². The number of hydrogen-bond donors (Lipinski definition) is 0. The topological polar surface area (TPSA) is 77.5 Å². The lowest BCUT2D eigenvalue weighted by Gasteiger charge is -2.58. The second-order valence-electron chi connectivity index (χ2n) is 10.4. The van der Waals surface area contributed by atoms with Crippen molar-refractivity contribution in [2.75, 3.05) is 12.4 Å². The Labute approximate surface area is 189 Å². The smallest absolute Gasteiger partial charge is 0.303 e. The Kier molecular flexibility index (Phi) is 6.23. The molecule has 0 spiro atoms. The van der Waals surface area contributed by atoms with Gasteiger partial charge >= 0.3 is 5.97 Å². The van der Waals surface area contributed by atoms with Gasteiger partial charge in [0.1, 0.15) is 12.4 Å². The summed E-state index contributed by atoms with van der Waals surface area (Å²) >= 11 is 1.42. The Morgan fingerprint density at radius 1 is 1.13 bits per heavy atom. The summed E-state index contributed by atoms with van der Waals surface area (Å²) in [5.74, 6) is 2.16. The summed E-state index contributed by atoms with van der Waals surface area (Å²) in [6.07, 6.45) is 9.25. The minimum Gasteiger partial charge on any atom is -0.458 e. The molecule has 3 saturated carbocycles. The van der Waals surface area contributed by atoms with Gasteiger partial charge in [0.05, 0.1) is 0 Å². The second kappa shape index (κ2) is 8.49. The molecule has 0 aromatic carbocycles. The molecule has 0 N–H and O–H groups in total. The number of carbonyl (C=O) groups excluding carboxylic acids is 4. The van der Waals surface area contributed by atoms with Gasteiger partial charge < -0.3 is 4.74 Å². The molecule has 0 heterocycles. The van der Waals surface area contributed by atoms with E-state index in [9.17, 15) is 19.2 Å². The van der Waals surface area contributed by atoms with Crippen molar-refractivity contribution in [1.82, 2.24) is 0 Å². The van der Waals surface area contributed by atoms with Gasteiger partial charge in [0.15, 0.2) is 10.9 Å². The lowest BCUT2D eigenvalue weighted by molar-refractivity contribution is -0.149. The molecule has 0 amide bonds. The fourth-order valence-electron chi connectivity index (χ4n) is 7.58. The Morgan fingerprint density at radius 2 is 1.90 bits per heavy atom. The Hall–Kier alpha value is -1.43. The molecule has 0 bridgehead atoms. The molecule has 3 fully saturated rings. The van der Waals surface area contributed by atoms with Crippen molar-refractivity contribution < 1.29 is 23.9 Å². The first-order valence-corrected chi connectivity index (χ1v) is 12.7. The van der Waals surface area contributed by atoms with Crippen LogP contribution in [0.1, 0.15) is 72.1 Å². The molecule has 0 radical (unpaired) electrons. The maximum absolute atomic E-state index is 12.9. The molecule has 0 saturated heterocycles. The van der Waals surface area contributed by atoms with E-state index in [1.807, 2.05) is 0 Å². The van der Waals surface area contributed by atoms with Crippen LogP contribution < -0.4 is 0 Å². The number of thioether (sulfide) groups is 1. The average Bonchev–Trinajstić information content (AvgIpc) is 3.07. The highest BCUT2D eigenvalue weighted by Gasteiger charge is 2.60. The third-order valence-electron chi connectivity index (χ3n) is 9.00. The Morgan fingerprint density at radius 3 is 2.61 bits per heavy atom. The van der Waals surface area contributed by atoms with Crippen LogP contribution >= 0.6 is 11.8 Å². The molecule has 0 aromatic rings. The van der Waals surface area contributed by atoms with Crippen LogP contribution in [-0.2, 0) is 23.9 Å². The summed E-state index contributed by atoms with van der Waals surface area (Å²) in [4.78, 5) is 48.2. The number of hydrogen-bond acceptors (Lipinski definition) is 6. The van der Waals surface area contributed by atoms with Crippen LogP contribution in [-0.4, -0.2) is 35.0 Å². The van der Waals surface area contributed by atoms with E-state index in [1.54, 1.807) is 6.92 Å². The first-order chi connectivity index (χ1) is 14.7. The zero-order valence-corrected chi connectivity index (χ0v) is 19.7. The van der Waals surface area contributed by atoms with Crippen molar-refractivity contribution in [1.29, 1.82) is 0 Å². The normalized spacial score (nSPS) is 39.1. The number of fused-ring (bicyclic) bond motifs is 5. The van der Waals surface area contributed by atoms with Crippen molar-refractivity contribution in [2.45, 2.75) is 72.1 Å². The third kappa shape index (κ3) is 3.94. The molecule has 6 atom stereocenters. The number of rotatable bonds is 5. The Balaban J connectivity index is 1.60. The van der Waals surface area contributed by atoms with Crippen LogP contribution in [0, 0.1) is 34.5 Å². The van der Waals surface area contributed by atoms with Crippen molar-refractivity contribution in [3.63, 3.8) is 0 Å². The molecule has 0 aromatic heterocycles. The molecule has 0 aliphatic heterocycles. The van der Waals surface area contributed by atoms with E-state index < -0.39 is 5.97 Å². The summed E-state index contributed by atoms with van der Waals surface area (Å²) in [6.45, 7) is 5.14. The van der Waals surface area contributed by atoms with Gasteiger partial charge in [0.2, 0.25) is 0 Å². The molecule has 5 nitrogen and oxygen atoms in total. The second-order valence-corrected chi connectivity index (χ2v) is 11.6. The number of Topliss-reactive ketones (excluding diaryl/α,β-unsaturated/α-hetero) is 2. The predicted molar refractivity (Wildman–Crippen MR) is 119 cm³/mol. The van der Waals surface area contributed by atoms with E-state index in [-0.39, 0.29) is 34.3 Å². The van der Waals surface area contributed by atoms with E-state index in [0.717, 1.165) is 44.3 Å². The maximum Gasteiger partial charge on any atom is 0.303 e. The van der Waals surface area contributed by atoms with Crippen LogP contribution in [0.25, 0.3) is 0 Å². The van der Waals surface area contributed by atoms with Crippen LogP contribution in [0.4, 0.5) is 0 Å². The van der Waals surface area contributed by atoms with Crippen molar-refractivity contribution >= 4 is 34.4 Å². The van der Waals surface area contributed by atoms with Gasteiger partial charge in [-0.1, -0.05) is 30.3 Å². The monoisotopic (exact) mass is 446 g/mol. The predicted octanol–water partition coefficient (Wildman–Crippen LogP) is 4.53. The van der Waals surface area contributed by atoms with E-state index in [4.69, 9.17) is 4.74 Å². The molecule has 4 rings (SSSR count). The van der Waals surface area contributed by atoms with E-state index in [1.165, 1.54) is 24.3 Å². The van der Waals surface area contributed by atoms with Gasteiger partial charge in [0, 0.05) is 43.8 Å². The molecular weight excluding hydrogens is 412 g/mol. The molecule has 31 heavy (non-hydrogen) atoms. The number of carbonyl (C=O) groups is 4. The summed E-state index contributed by atoms with van der Waals surface area (Å²) in [6, 6.07) is 0. The van der Waals surface area contributed by atoms with Crippen molar-refractivity contribution in [3.05, 3.63) is 11.6 Å². The molecule has 170 valence electrons. The van der Waals surface area contributed by atoms with E-state index in [2.05, 4.69) is 13.0 Å². The van der Waals surface area contributed by atoms with E-state index >= 15 is 0 Å². The maximum atomic E-state index is 12.9. The zero-order chi connectivity index (χ0) is 22.4. The van der Waals surface area contributed by atoms with Gasteiger partial charge in [-0.05, 0) is 61.7 Å². The SMILES string of the molecule is CC(=O)OCC(=O)C1CCC2C3CC=C4CC(=O)CCC4(CSC(C)=O)C3CC[C@]12C. The quantitative estimate of drug-likeness (QED) is 0.456. The molecular formula is C25H34O5S. The summed E-state index contributed by atoms with van der Waals surface area (Å²) in [7, 11) is 0. The lowest BCUT2D eigenvalue weighted by atomic mass is 9.47. The third-order valence-corrected chi connectivity index (χ3v) is 10.1. The van der Waals surface area contributed by atoms with Crippen LogP contribution in [0.5, 0.6) is 0 Å². The Bertz CT molecular complexity index is 832. The van der Waals surface area contributed by atoms with Gasteiger partial charge in [-0.15, -0.1) is 0 Å². The summed E-state index contributed by atoms with van der Waals surface area (Å²) in [5.41, 5.74) is 1.18. The fourth-order valence-corrected chi connectivity index (χ4v) is 8.59. The summed E-state index contributed by atoms with van der Waals surface area (Å²) < 4.78 is 5.03. The molecule has 4 aliphatic carbocycles. The van der Waals surface area contributed by atoms with Gasteiger partial charge in [-0.25, -0.2) is 0 Å². The highest BCUT2D eigenvalue weighted by atomic mass is 32.2. The molecule has 6 heteroatoms. The van der Waals surface area contributed by atoms with Crippen molar-refractivity contribution in [2.24, 2.45) is 34.5 Å². The highest BCUT2D eigenvalue weighted by molar-refractivity contribution is 8.13. The minimum absolute atomic E-state index is 0.0429. The van der Waals surface area contributed by atoms with Crippen LogP contribution in [0.15, 0.2) is 11.6 Å². The molecule has 4 aliphatic rings. The fraction of sp³-hybridized carbons (Fsp3) is 0.760. The summed E-state index contributed by atoms with van der Waals surface area (Å²) in [5, 5.41) is 0.144. The van der Waals surface area contributed by atoms with Crippen LogP contribution in [0.3, 0.4) is 0 Å². The first kappa shape index (κ1) is 22.8. The van der Waals surface area contributed by atoms with Gasteiger partial charge in [0.25, 0.3) is 0 Å². The van der Waals surface area contributed by atoms with E-state index in [0.29, 0.717) is 36.4 Å². The largest absolute Gasteiger partial charge is 0.458 e. The van der Waals surface area contributed by atoms with Crippen LogP contribution in [0.2, 0.25) is 0 Å². The number of allylic oxidation sites excluding steroid dienone is 2. The van der Waals surface area contributed by atoms with Crippen molar-refractivity contribution in [3.8, 4) is 0 Å². The highest BCUT2D eigenvalue weighted by Crippen LogP contribution is 2.66. The average molecular weight is 447 g/mol. The lowest BCUT2D eigenvalue weighted by Crippen LogP contribution is -2.53. The first-order valence-electron chi connectivity index (χ1n) is 11.7. The number of ketones is 2. The number of ether oxygens (including phenoxy) is 1.